The number of thiazole rings is 1. The van der Waals surface area contributed by atoms with Crippen molar-refractivity contribution in [2.45, 2.75) is 25.2 Å². The third kappa shape index (κ3) is 4.95. The van der Waals surface area contributed by atoms with Crippen molar-refractivity contribution in [3.05, 3.63) is 47.5 Å². The first-order chi connectivity index (χ1) is 15.2. The predicted octanol–water partition coefficient (Wildman–Crippen LogP) is 4.01. The summed E-state index contributed by atoms with van der Waals surface area (Å²) < 4.78 is 31.7. The molecular formula is C23H29N3O4S2. The van der Waals surface area contributed by atoms with Crippen molar-refractivity contribution in [2.75, 3.05) is 44.9 Å². The third-order valence-corrected chi connectivity index (χ3v) is 8.21. The van der Waals surface area contributed by atoms with Gasteiger partial charge >= 0.3 is 0 Å². The summed E-state index contributed by atoms with van der Waals surface area (Å²) in [5.41, 5.74) is 1.91. The van der Waals surface area contributed by atoms with Crippen LogP contribution in [0.1, 0.15) is 29.3 Å². The minimum absolute atomic E-state index is 0.0555. The van der Waals surface area contributed by atoms with Crippen molar-refractivity contribution in [3.63, 3.8) is 0 Å². The van der Waals surface area contributed by atoms with Crippen LogP contribution < -0.4 is 9.64 Å². The lowest BCUT2D eigenvalue weighted by molar-refractivity contribution is 0.0983. The number of amides is 1. The van der Waals surface area contributed by atoms with Gasteiger partial charge in [-0.3, -0.25) is 9.69 Å². The lowest BCUT2D eigenvalue weighted by atomic mass is 10.2. The molecule has 0 N–H and O–H groups in total. The molecule has 1 aromatic heterocycles. The van der Waals surface area contributed by atoms with E-state index < -0.39 is 9.84 Å². The van der Waals surface area contributed by atoms with Crippen molar-refractivity contribution in [3.8, 4) is 5.75 Å². The number of carbonyl (C=O) groups is 1. The Morgan fingerprint density at radius 1 is 1.12 bits per heavy atom. The second kappa shape index (κ2) is 9.97. The molecule has 32 heavy (non-hydrogen) atoms. The Labute approximate surface area is 193 Å². The molecule has 0 saturated carbocycles. The Morgan fingerprint density at radius 3 is 2.50 bits per heavy atom. The second-order valence-corrected chi connectivity index (χ2v) is 11.0. The lowest BCUT2D eigenvalue weighted by Gasteiger charge is -2.22. The van der Waals surface area contributed by atoms with E-state index in [1.807, 2.05) is 38.1 Å². The van der Waals surface area contributed by atoms with Crippen LogP contribution >= 0.6 is 11.3 Å². The van der Waals surface area contributed by atoms with E-state index in [2.05, 4.69) is 0 Å². The number of anilines is 1. The molecule has 172 valence electrons. The smallest absolute Gasteiger partial charge is 0.261 e. The highest BCUT2D eigenvalue weighted by molar-refractivity contribution is 7.91. The molecule has 0 radical (unpaired) electrons. The maximum absolute atomic E-state index is 13.7. The average Bonchev–Trinajstić information content (AvgIpc) is 3.22. The fraction of sp³-hybridized carbons (Fsp3) is 0.391. The molecule has 0 saturated heterocycles. The fourth-order valence-electron chi connectivity index (χ4n) is 3.42. The first-order valence-corrected chi connectivity index (χ1v) is 12.9. The number of rotatable bonds is 9. The Hall–Kier alpha value is -2.49. The lowest BCUT2D eigenvalue weighted by Crippen LogP contribution is -2.34. The summed E-state index contributed by atoms with van der Waals surface area (Å²) in [5, 5.41) is 0.528. The molecule has 0 bridgehead atoms. The van der Waals surface area contributed by atoms with Crippen LogP contribution in [-0.2, 0) is 9.84 Å². The van der Waals surface area contributed by atoms with E-state index in [4.69, 9.17) is 9.72 Å². The Balaban J connectivity index is 2.11. The summed E-state index contributed by atoms with van der Waals surface area (Å²) >= 11 is 1.41. The first-order valence-electron chi connectivity index (χ1n) is 10.4. The van der Waals surface area contributed by atoms with Crippen LogP contribution in [0.3, 0.4) is 0 Å². The van der Waals surface area contributed by atoms with Crippen molar-refractivity contribution in [2.24, 2.45) is 0 Å². The van der Waals surface area contributed by atoms with E-state index in [0.29, 0.717) is 29.4 Å². The van der Waals surface area contributed by atoms with Crippen LogP contribution in [0.4, 0.5) is 5.13 Å². The molecule has 0 aliphatic rings. The zero-order valence-corrected chi connectivity index (χ0v) is 20.7. The molecule has 0 spiro atoms. The minimum Gasteiger partial charge on any atom is -0.494 e. The molecule has 1 amide bonds. The van der Waals surface area contributed by atoms with Gasteiger partial charge in [-0.05, 0) is 57.7 Å². The SMILES string of the molecule is CCS(=O)(=O)c1ccccc1C(=O)N(CCCN(C)C)c1nc2c(OC)ccc(C)c2s1. The van der Waals surface area contributed by atoms with Crippen molar-refractivity contribution >= 4 is 42.4 Å². The first kappa shape index (κ1) is 24.2. The van der Waals surface area contributed by atoms with Gasteiger partial charge in [-0.1, -0.05) is 36.5 Å². The number of aromatic nitrogens is 1. The van der Waals surface area contributed by atoms with Crippen molar-refractivity contribution < 1.29 is 17.9 Å². The standard InChI is InChI=1S/C23H29N3O4S2/c1-6-32(28,29)19-11-8-7-10-17(19)22(27)26(15-9-14-25(3)4)23-24-20-18(30-5)13-12-16(2)21(20)31-23/h7-8,10-13H,6,9,14-15H2,1-5H3. The number of hydrogen-bond acceptors (Lipinski definition) is 7. The summed E-state index contributed by atoms with van der Waals surface area (Å²) in [6, 6.07) is 10.2. The Bertz CT molecular complexity index is 1220. The Kier molecular flexibility index (Phi) is 7.53. The number of fused-ring (bicyclic) bond motifs is 1. The molecule has 0 unspecified atom stereocenters. The minimum atomic E-state index is -3.56. The molecule has 9 heteroatoms. The maximum atomic E-state index is 13.7. The third-order valence-electron chi connectivity index (χ3n) is 5.21. The van der Waals surface area contributed by atoms with Crippen LogP contribution in [0.2, 0.25) is 0 Å². The molecule has 3 aromatic rings. The van der Waals surface area contributed by atoms with Crippen molar-refractivity contribution in [1.82, 2.24) is 9.88 Å². The van der Waals surface area contributed by atoms with Crippen LogP contribution in [-0.4, -0.2) is 64.3 Å². The van der Waals surface area contributed by atoms with Gasteiger partial charge in [0.2, 0.25) is 0 Å². The number of hydrogen-bond donors (Lipinski definition) is 0. The highest BCUT2D eigenvalue weighted by atomic mass is 32.2. The van der Waals surface area contributed by atoms with E-state index in [0.717, 1.165) is 16.8 Å². The van der Waals surface area contributed by atoms with E-state index in [9.17, 15) is 13.2 Å². The van der Waals surface area contributed by atoms with Gasteiger partial charge in [0.25, 0.3) is 5.91 Å². The summed E-state index contributed by atoms with van der Waals surface area (Å²) in [6.07, 6.45) is 0.716. The van der Waals surface area contributed by atoms with Gasteiger partial charge in [0, 0.05) is 6.54 Å². The summed E-state index contributed by atoms with van der Waals surface area (Å²) in [7, 11) is 1.98. The number of ether oxygens (including phenoxy) is 1. The maximum Gasteiger partial charge on any atom is 0.261 e. The number of sulfone groups is 1. The molecule has 2 aromatic carbocycles. The van der Waals surface area contributed by atoms with Crippen LogP contribution in [0.5, 0.6) is 5.75 Å². The molecule has 0 aliphatic heterocycles. The van der Waals surface area contributed by atoms with E-state index in [1.165, 1.54) is 17.4 Å². The monoisotopic (exact) mass is 475 g/mol. The van der Waals surface area contributed by atoms with Crippen molar-refractivity contribution in [1.29, 1.82) is 0 Å². The van der Waals surface area contributed by atoms with Gasteiger partial charge in [-0.15, -0.1) is 0 Å². The Morgan fingerprint density at radius 2 is 1.84 bits per heavy atom. The molecule has 0 aliphatic carbocycles. The number of aryl methyl sites for hydroxylation is 1. The van der Waals surface area contributed by atoms with Gasteiger partial charge in [-0.25, -0.2) is 13.4 Å². The second-order valence-electron chi connectivity index (χ2n) is 7.77. The van der Waals surface area contributed by atoms with E-state index in [1.54, 1.807) is 37.1 Å². The highest BCUT2D eigenvalue weighted by Crippen LogP contribution is 2.37. The van der Waals surface area contributed by atoms with Gasteiger partial charge < -0.3 is 9.64 Å². The average molecular weight is 476 g/mol. The summed E-state index contributed by atoms with van der Waals surface area (Å²) in [4.78, 5) is 22.1. The largest absolute Gasteiger partial charge is 0.494 e. The molecule has 0 fully saturated rings. The zero-order chi connectivity index (χ0) is 23.5. The summed E-state index contributed by atoms with van der Waals surface area (Å²) in [6.45, 7) is 4.77. The van der Waals surface area contributed by atoms with Crippen LogP contribution in [0.25, 0.3) is 10.2 Å². The number of nitrogens with zero attached hydrogens (tertiary/aromatic N) is 3. The molecule has 7 nitrogen and oxygen atoms in total. The number of carbonyl (C=O) groups excluding carboxylic acids is 1. The predicted molar refractivity (Wildman–Crippen MR) is 130 cm³/mol. The van der Waals surface area contributed by atoms with E-state index in [-0.39, 0.29) is 22.1 Å². The molecular weight excluding hydrogens is 446 g/mol. The summed E-state index contributed by atoms with van der Waals surface area (Å²) in [5.74, 6) is 0.199. The normalized spacial score (nSPS) is 11.8. The molecule has 3 rings (SSSR count). The van der Waals surface area contributed by atoms with Gasteiger partial charge in [0.1, 0.15) is 11.3 Å². The zero-order valence-electron chi connectivity index (χ0n) is 19.1. The number of benzene rings is 2. The van der Waals surface area contributed by atoms with Gasteiger partial charge in [0.05, 0.1) is 28.0 Å². The van der Waals surface area contributed by atoms with Crippen LogP contribution in [0, 0.1) is 6.92 Å². The van der Waals surface area contributed by atoms with E-state index >= 15 is 0 Å². The van der Waals surface area contributed by atoms with Crippen LogP contribution in [0.15, 0.2) is 41.3 Å². The molecule has 1 heterocycles. The van der Waals surface area contributed by atoms with Gasteiger partial charge in [-0.2, -0.15) is 0 Å². The molecule has 0 atom stereocenters. The quantitative estimate of drug-likeness (QED) is 0.465. The highest BCUT2D eigenvalue weighted by Gasteiger charge is 2.27. The van der Waals surface area contributed by atoms with Gasteiger partial charge in [0.15, 0.2) is 15.0 Å². The number of methoxy groups -OCH3 is 1. The fourth-order valence-corrected chi connectivity index (χ4v) is 5.59. The topological polar surface area (TPSA) is 79.8 Å².